The first kappa shape index (κ1) is 23.2. The molecule has 0 saturated heterocycles. The number of aromatic nitrogens is 3. The molecule has 3 aromatic rings. The molecule has 0 fully saturated rings. The van der Waals surface area contributed by atoms with Gasteiger partial charge in [0.15, 0.2) is 5.69 Å². The van der Waals surface area contributed by atoms with Crippen molar-refractivity contribution in [3.63, 3.8) is 0 Å². The molecule has 5 rings (SSSR count). The lowest BCUT2D eigenvalue weighted by atomic mass is 9.99. The van der Waals surface area contributed by atoms with E-state index < -0.39 is 18.9 Å². The molecule has 184 valence electrons. The summed E-state index contributed by atoms with van der Waals surface area (Å²) in [5, 5.41) is 7.22. The molecule has 0 unspecified atom stereocenters. The number of benzene rings is 1. The van der Waals surface area contributed by atoms with E-state index in [0.29, 0.717) is 31.9 Å². The Hall–Kier alpha value is -3.60. The first-order valence-corrected chi connectivity index (χ1v) is 11.2. The minimum absolute atomic E-state index is 0.171. The Morgan fingerprint density at radius 3 is 2.91 bits per heavy atom. The summed E-state index contributed by atoms with van der Waals surface area (Å²) in [6, 6.07) is 12.8. The van der Waals surface area contributed by atoms with Crippen LogP contribution in [0.4, 0.5) is 13.2 Å². The molecule has 4 heterocycles. The lowest BCUT2D eigenvalue weighted by Crippen LogP contribution is -2.42. The van der Waals surface area contributed by atoms with E-state index in [1.807, 2.05) is 36.4 Å². The zero-order chi connectivity index (χ0) is 24.4. The van der Waals surface area contributed by atoms with E-state index in [1.165, 1.54) is 10.7 Å². The largest absolute Gasteiger partial charge is 0.491 e. The highest BCUT2D eigenvalue weighted by molar-refractivity contribution is 5.92. The molecule has 1 aromatic carbocycles. The number of amides is 1. The summed E-state index contributed by atoms with van der Waals surface area (Å²) in [6.45, 7) is -0.773. The van der Waals surface area contributed by atoms with Gasteiger partial charge in [-0.1, -0.05) is 6.07 Å². The molecule has 35 heavy (non-hydrogen) atoms. The Balaban J connectivity index is 1.19. The number of rotatable bonds is 6. The molecule has 2 aliphatic heterocycles. The van der Waals surface area contributed by atoms with E-state index in [0.717, 1.165) is 22.6 Å². The van der Waals surface area contributed by atoms with Gasteiger partial charge in [-0.2, -0.15) is 18.3 Å². The zero-order valence-electron chi connectivity index (χ0n) is 18.6. The molecule has 0 saturated carbocycles. The van der Waals surface area contributed by atoms with Crippen LogP contribution >= 0.6 is 0 Å². The molecule has 1 amide bonds. The van der Waals surface area contributed by atoms with E-state index in [2.05, 4.69) is 15.4 Å². The quantitative estimate of drug-likeness (QED) is 0.572. The van der Waals surface area contributed by atoms with Crippen molar-refractivity contribution < 1.29 is 32.2 Å². The predicted molar refractivity (Wildman–Crippen MR) is 118 cm³/mol. The molecule has 2 aliphatic rings. The zero-order valence-corrected chi connectivity index (χ0v) is 18.6. The Morgan fingerprint density at radius 2 is 2.11 bits per heavy atom. The monoisotopic (exact) mass is 488 g/mol. The summed E-state index contributed by atoms with van der Waals surface area (Å²) in [5.74, 6) is 0.727. The van der Waals surface area contributed by atoms with Crippen molar-refractivity contribution in [1.29, 1.82) is 0 Å². The third-order valence-corrected chi connectivity index (χ3v) is 5.76. The fourth-order valence-electron chi connectivity index (χ4n) is 4.12. The first-order chi connectivity index (χ1) is 16.8. The fraction of sp³-hybridized carbons (Fsp3) is 0.375. The van der Waals surface area contributed by atoms with Crippen LogP contribution in [-0.2, 0) is 17.7 Å². The minimum Gasteiger partial charge on any atom is -0.491 e. The summed E-state index contributed by atoms with van der Waals surface area (Å²) in [4.78, 5) is 17.2. The van der Waals surface area contributed by atoms with E-state index >= 15 is 0 Å². The predicted octanol–water partition coefficient (Wildman–Crippen LogP) is 3.41. The van der Waals surface area contributed by atoms with Gasteiger partial charge in [0.05, 0.1) is 18.3 Å². The number of fused-ring (bicyclic) bond motifs is 2. The van der Waals surface area contributed by atoms with Crippen molar-refractivity contribution >= 4 is 5.91 Å². The molecule has 0 radical (unpaired) electrons. The van der Waals surface area contributed by atoms with Gasteiger partial charge >= 0.3 is 6.18 Å². The summed E-state index contributed by atoms with van der Waals surface area (Å²) in [6.07, 6.45) is -2.16. The molecule has 0 bridgehead atoms. The Morgan fingerprint density at radius 1 is 1.23 bits per heavy atom. The van der Waals surface area contributed by atoms with Gasteiger partial charge < -0.3 is 19.5 Å². The number of hydrogen-bond acceptors (Lipinski definition) is 6. The van der Waals surface area contributed by atoms with Crippen LogP contribution in [0.2, 0.25) is 0 Å². The average molecular weight is 488 g/mol. The lowest BCUT2D eigenvalue weighted by molar-refractivity contribution is -0.179. The number of nitrogens with zero attached hydrogens (tertiary/aromatic N) is 3. The van der Waals surface area contributed by atoms with Gasteiger partial charge in [-0.25, -0.2) is 4.68 Å². The first-order valence-electron chi connectivity index (χ1n) is 11.2. The van der Waals surface area contributed by atoms with Gasteiger partial charge in [0.2, 0.25) is 5.88 Å². The van der Waals surface area contributed by atoms with Crippen LogP contribution in [0.25, 0.3) is 11.3 Å². The van der Waals surface area contributed by atoms with Gasteiger partial charge in [-0.3, -0.25) is 9.78 Å². The van der Waals surface area contributed by atoms with E-state index in [4.69, 9.17) is 14.2 Å². The molecule has 2 atom stereocenters. The molecular weight excluding hydrogens is 465 g/mol. The highest BCUT2D eigenvalue weighted by Crippen LogP contribution is 2.30. The molecular formula is C24H23F3N4O4. The number of hydrogen-bond donors (Lipinski definition) is 1. The maximum absolute atomic E-state index is 12.8. The second kappa shape index (κ2) is 9.57. The Labute approximate surface area is 199 Å². The fourth-order valence-corrected chi connectivity index (χ4v) is 4.12. The van der Waals surface area contributed by atoms with Crippen LogP contribution < -0.4 is 14.8 Å². The van der Waals surface area contributed by atoms with Crippen LogP contribution in [0.15, 0.2) is 48.7 Å². The second-order valence-electron chi connectivity index (χ2n) is 8.47. The summed E-state index contributed by atoms with van der Waals surface area (Å²) in [7, 11) is 0. The molecule has 11 heteroatoms. The molecule has 1 N–H and O–H groups in total. The average Bonchev–Trinajstić information content (AvgIpc) is 3.27. The van der Waals surface area contributed by atoms with Gasteiger partial charge in [-0.15, -0.1) is 0 Å². The maximum Gasteiger partial charge on any atom is 0.411 e. The standard InChI is InChI=1S/C24H23F3N4O4/c25-24(26,27)14-33-13-18-6-8-31-22(35-18)11-20(30-31)23(32)29-17-10-16-9-15(4-5-21(16)34-12-17)19-3-1-2-7-28-19/h1-5,7,9,11,17-18H,6,8,10,12-14H2,(H,29,32)/t17-,18+/m1/s1. The lowest BCUT2D eigenvalue weighted by Gasteiger charge is -2.26. The number of aryl methyl sites for hydroxylation is 1. The van der Waals surface area contributed by atoms with E-state index in [9.17, 15) is 18.0 Å². The van der Waals surface area contributed by atoms with E-state index in [1.54, 1.807) is 6.20 Å². The molecule has 0 aliphatic carbocycles. The van der Waals surface area contributed by atoms with Crippen LogP contribution in [0.1, 0.15) is 22.5 Å². The number of ether oxygens (including phenoxy) is 3. The molecule has 2 aromatic heterocycles. The SMILES string of the molecule is O=C(N[C@H]1COc2ccc(-c3ccccn3)cc2C1)c1cc2n(n1)CC[C@@H](COCC(F)(F)F)O2. The van der Waals surface area contributed by atoms with Gasteiger partial charge in [0, 0.05) is 30.8 Å². The number of halogens is 3. The third kappa shape index (κ3) is 5.56. The van der Waals surface area contributed by atoms with Gasteiger partial charge in [-0.05, 0) is 42.3 Å². The van der Waals surface area contributed by atoms with Crippen molar-refractivity contribution in [3.8, 4) is 22.9 Å². The number of carbonyl (C=O) groups is 1. The summed E-state index contributed by atoms with van der Waals surface area (Å²) >= 11 is 0. The highest BCUT2D eigenvalue weighted by atomic mass is 19.4. The number of carbonyl (C=O) groups excluding carboxylic acids is 1. The topological polar surface area (TPSA) is 87.5 Å². The minimum atomic E-state index is -4.38. The van der Waals surface area contributed by atoms with Crippen LogP contribution in [-0.4, -0.2) is 58.8 Å². The number of alkyl halides is 3. The molecule has 8 nitrogen and oxygen atoms in total. The maximum atomic E-state index is 12.8. The highest BCUT2D eigenvalue weighted by Gasteiger charge is 2.30. The van der Waals surface area contributed by atoms with Crippen molar-refractivity contribution in [2.45, 2.75) is 37.7 Å². The molecule has 0 spiro atoms. The van der Waals surface area contributed by atoms with Crippen molar-refractivity contribution in [2.75, 3.05) is 19.8 Å². The van der Waals surface area contributed by atoms with Gasteiger partial charge in [0.1, 0.15) is 25.1 Å². The summed E-state index contributed by atoms with van der Waals surface area (Å²) in [5.41, 5.74) is 2.96. The van der Waals surface area contributed by atoms with Crippen molar-refractivity contribution in [1.82, 2.24) is 20.1 Å². The van der Waals surface area contributed by atoms with Crippen molar-refractivity contribution in [3.05, 3.63) is 59.9 Å². The number of nitrogens with one attached hydrogen (secondary N) is 1. The Kier molecular flexibility index (Phi) is 6.33. The van der Waals surface area contributed by atoms with Crippen LogP contribution in [0.5, 0.6) is 11.6 Å². The third-order valence-electron chi connectivity index (χ3n) is 5.76. The van der Waals surface area contributed by atoms with E-state index in [-0.39, 0.29) is 24.2 Å². The normalized spacial score (nSPS) is 19.2. The number of pyridine rings is 1. The van der Waals surface area contributed by atoms with Gasteiger partial charge in [0.25, 0.3) is 5.91 Å². The Bertz CT molecular complexity index is 1200. The summed E-state index contributed by atoms with van der Waals surface area (Å²) < 4.78 is 54.6. The second-order valence-corrected chi connectivity index (χ2v) is 8.47. The smallest absolute Gasteiger partial charge is 0.411 e. The van der Waals surface area contributed by atoms with Crippen molar-refractivity contribution in [2.24, 2.45) is 0 Å². The van der Waals surface area contributed by atoms with Crippen LogP contribution in [0.3, 0.4) is 0 Å². The van der Waals surface area contributed by atoms with Crippen LogP contribution in [0, 0.1) is 0 Å².